The third kappa shape index (κ3) is 2.87. The summed E-state index contributed by atoms with van der Waals surface area (Å²) in [6, 6.07) is 7.83. The molecular weight excluding hydrogens is 394 g/mol. The van der Waals surface area contributed by atoms with Gasteiger partial charge < -0.3 is 10.3 Å². The number of thiazole rings is 1. The number of aromatic amines is 1. The van der Waals surface area contributed by atoms with Crippen LogP contribution < -0.4 is 5.32 Å². The molecule has 0 radical (unpaired) electrons. The first-order valence-electron chi connectivity index (χ1n) is 8.59. The number of para-hydroxylation sites is 1. The van der Waals surface area contributed by atoms with Gasteiger partial charge in [-0.05, 0) is 19.1 Å². The molecule has 5 rings (SSSR count). The molecule has 2 N–H and O–H groups in total. The van der Waals surface area contributed by atoms with Gasteiger partial charge in [0.05, 0.1) is 39.0 Å². The van der Waals surface area contributed by atoms with Crippen molar-refractivity contribution in [2.24, 2.45) is 0 Å². The van der Waals surface area contributed by atoms with Crippen LogP contribution in [-0.4, -0.2) is 29.9 Å². The molecule has 4 heterocycles. The summed E-state index contributed by atoms with van der Waals surface area (Å²) < 4.78 is 0. The van der Waals surface area contributed by atoms with E-state index in [0.717, 1.165) is 27.0 Å². The van der Waals surface area contributed by atoms with E-state index in [0.29, 0.717) is 22.0 Å². The molecule has 5 aromatic rings. The molecule has 0 spiro atoms. The molecule has 9 heteroatoms. The predicted octanol–water partition coefficient (Wildman–Crippen LogP) is 4.85. The molecule has 4 aromatic heterocycles. The van der Waals surface area contributed by atoms with Crippen LogP contribution in [0.1, 0.15) is 18.5 Å². The minimum Gasteiger partial charge on any atom is -0.362 e. The monoisotopic (exact) mass is 407 g/mol. The van der Waals surface area contributed by atoms with E-state index >= 15 is 0 Å². The highest BCUT2D eigenvalue weighted by Crippen LogP contribution is 2.35. The first kappa shape index (κ1) is 17.0. The number of hydrogen-bond donors (Lipinski definition) is 2. The van der Waals surface area contributed by atoms with Crippen molar-refractivity contribution in [2.75, 3.05) is 5.32 Å². The number of nitrogens with zero attached hydrogens (tertiary/aromatic N) is 5. The third-order valence-corrected chi connectivity index (χ3v) is 5.61. The molecule has 0 aliphatic heterocycles. The number of H-pyrrole nitrogens is 1. The maximum absolute atomic E-state index is 6.39. The smallest absolute Gasteiger partial charge is 0.162 e. The minimum atomic E-state index is -0.0808. The van der Waals surface area contributed by atoms with Crippen molar-refractivity contribution >= 4 is 50.8 Å². The highest BCUT2D eigenvalue weighted by molar-refractivity contribution is 7.13. The molecular formula is C19H14ClN7S. The second-order valence-electron chi connectivity index (χ2n) is 6.29. The number of hydrogen-bond acceptors (Lipinski definition) is 7. The van der Waals surface area contributed by atoms with E-state index in [2.05, 4.69) is 43.2 Å². The molecule has 7 nitrogen and oxygen atoms in total. The molecule has 138 valence electrons. The molecule has 1 aromatic carbocycles. The zero-order chi connectivity index (χ0) is 19.1. The maximum Gasteiger partial charge on any atom is 0.162 e. The van der Waals surface area contributed by atoms with Crippen molar-refractivity contribution in [3.63, 3.8) is 0 Å². The van der Waals surface area contributed by atoms with Gasteiger partial charge in [-0.2, -0.15) is 0 Å². The van der Waals surface area contributed by atoms with Crippen molar-refractivity contribution in [3.05, 3.63) is 59.2 Å². The van der Waals surface area contributed by atoms with E-state index in [9.17, 15) is 0 Å². The summed E-state index contributed by atoms with van der Waals surface area (Å²) in [5.74, 6) is 0.667. The summed E-state index contributed by atoms with van der Waals surface area (Å²) >= 11 is 7.93. The summed E-state index contributed by atoms with van der Waals surface area (Å²) in [6.45, 7) is 2.07. The lowest BCUT2D eigenvalue weighted by Gasteiger charge is -2.18. The topological polar surface area (TPSA) is 92.3 Å². The number of imidazole rings is 1. The van der Waals surface area contributed by atoms with E-state index in [1.165, 1.54) is 6.33 Å². The first-order chi connectivity index (χ1) is 13.7. The van der Waals surface area contributed by atoms with Crippen molar-refractivity contribution in [3.8, 4) is 10.6 Å². The predicted molar refractivity (Wildman–Crippen MR) is 112 cm³/mol. The van der Waals surface area contributed by atoms with Crippen LogP contribution in [0.3, 0.4) is 0 Å². The SMILES string of the molecule is CC(Nc1ncnc2[nH]cnc12)c1cc2cccc(Cl)c2nc1-c1cncs1. The van der Waals surface area contributed by atoms with Crippen LogP contribution in [0.15, 0.2) is 48.6 Å². The van der Waals surface area contributed by atoms with Gasteiger partial charge in [0.2, 0.25) is 0 Å². The first-order valence-corrected chi connectivity index (χ1v) is 9.85. The van der Waals surface area contributed by atoms with E-state index < -0.39 is 0 Å². The van der Waals surface area contributed by atoms with Crippen molar-refractivity contribution in [2.45, 2.75) is 13.0 Å². The molecule has 0 saturated carbocycles. The molecule has 1 atom stereocenters. The average Bonchev–Trinajstić information content (AvgIpc) is 3.40. The summed E-state index contributed by atoms with van der Waals surface area (Å²) in [4.78, 5) is 25.9. The van der Waals surface area contributed by atoms with Crippen LogP contribution in [0.5, 0.6) is 0 Å². The number of pyridine rings is 1. The van der Waals surface area contributed by atoms with Crippen LogP contribution in [-0.2, 0) is 0 Å². The van der Waals surface area contributed by atoms with Crippen LogP contribution in [0.2, 0.25) is 5.02 Å². The van der Waals surface area contributed by atoms with Gasteiger partial charge in [0.15, 0.2) is 11.5 Å². The van der Waals surface area contributed by atoms with E-state index in [-0.39, 0.29) is 6.04 Å². The fourth-order valence-electron chi connectivity index (χ4n) is 3.19. The largest absolute Gasteiger partial charge is 0.362 e. The average molecular weight is 408 g/mol. The summed E-state index contributed by atoms with van der Waals surface area (Å²) in [6.07, 6.45) is 4.94. The molecule has 0 amide bonds. The van der Waals surface area contributed by atoms with Gasteiger partial charge in [0, 0.05) is 17.1 Å². The molecule has 0 aliphatic rings. The molecule has 1 unspecified atom stereocenters. The molecule has 28 heavy (non-hydrogen) atoms. The Labute approximate surface area is 168 Å². The summed E-state index contributed by atoms with van der Waals surface area (Å²) in [5.41, 5.74) is 5.85. The highest BCUT2D eigenvalue weighted by atomic mass is 35.5. The highest BCUT2D eigenvalue weighted by Gasteiger charge is 2.19. The number of aromatic nitrogens is 6. The third-order valence-electron chi connectivity index (χ3n) is 4.53. The van der Waals surface area contributed by atoms with Gasteiger partial charge in [-0.25, -0.2) is 19.9 Å². The molecule has 0 fully saturated rings. The Bertz CT molecular complexity index is 1280. The van der Waals surface area contributed by atoms with Gasteiger partial charge in [-0.3, -0.25) is 4.98 Å². The van der Waals surface area contributed by atoms with Crippen molar-refractivity contribution in [1.82, 2.24) is 29.9 Å². The number of fused-ring (bicyclic) bond motifs is 2. The lowest BCUT2D eigenvalue weighted by molar-refractivity contribution is 0.874. The zero-order valence-electron chi connectivity index (χ0n) is 14.7. The maximum atomic E-state index is 6.39. The standard InChI is InChI=1S/C19H14ClN7S/c1-10(26-19-17-18(23-7-22-17)24-8-25-19)12-5-11-3-2-4-13(20)15(11)27-16(12)14-6-21-9-28-14/h2-10H,1H3,(H2,22,23,24,25,26). The van der Waals surface area contributed by atoms with Gasteiger partial charge in [0.25, 0.3) is 0 Å². The number of anilines is 1. The Kier molecular flexibility index (Phi) is 4.14. The van der Waals surface area contributed by atoms with Crippen LogP contribution in [0.25, 0.3) is 32.6 Å². The Balaban J connectivity index is 1.64. The van der Waals surface area contributed by atoms with Gasteiger partial charge >= 0.3 is 0 Å². The fourth-order valence-corrected chi connectivity index (χ4v) is 4.05. The van der Waals surface area contributed by atoms with E-state index in [1.807, 2.05) is 24.4 Å². The lowest BCUT2D eigenvalue weighted by Crippen LogP contribution is -2.11. The van der Waals surface area contributed by atoms with Crippen molar-refractivity contribution in [1.29, 1.82) is 0 Å². The number of benzene rings is 1. The molecule has 0 saturated heterocycles. The molecule has 0 bridgehead atoms. The zero-order valence-corrected chi connectivity index (χ0v) is 16.3. The van der Waals surface area contributed by atoms with Gasteiger partial charge in [0.1, 0.15) is 11.8 Å². The Hall–Kier alpha value is -3.10. The van der Waals surface area contributed by atoms with Crippen LogP contribution >= 0.6 is 22.9 Å². The van der Waals surface area contributed by atoms with E-state index in [4.69, 9.17) is 16.6 Å². The number of nitrogens with one attached hydrogen (secondary N) is 2. The quantitative estimate of drug-likeness (QED) is 0.442. The lowest BCUT2D eigenvalue weighted by atomic mass is 10.0. The summed E-state index contributed by atoms with van der Waals surface area (Å²) in [5, 5.41) is 5.06. The number of rotatable bonds is 4. The minimum absolute atomic E-state index is 0.0808. The normalized spacial score (nSPS) is 12.5. The Morgan fingerprint density at radius 2 is 2.11 bits per heavy atom. The van der Waals surface area contributed by atoms with E-state index in [1.54, 1.807) is 23.2 Å². The molecule has 0 aliphatic carbocycles. The second-order valence-corrected chi connectivity index (χ2v) is 7.59. The number of halogens is 1. The van der Waals surface area contributed by atoms with Gasteiger partial charge in [-0.15, -0.1) is 11.3 Å². The Morgan fingerprint density at radius 3 is 2.96 bits per heavy atom. The summed E-state index contributed by atoms with van der Waals surface area (Å²) in [7, 11) is 0. The fraction of sp³-hybridized carbons (Fsp3) is 0.105. The Morgan fingerprint density at radius 1 is 1.18 bits per heavy atom. The second kappa shape index (κ2) is 6.81. The van der Waals surface area contributed by atoms with Crippen LogP contribution in [0, 0.1) is 0 Å². The van der Waals surface area contributed by atoms with Gasteiger partial charge in [-0.1, -0.05) is 23.7 Å². The van der Waals surface area contributed by atoms with Crippen LogP contribution in [0.4, 0.5) is 5.82 Å². The van der Waals surface area contributed by atoms with Crippen molar-refractivity contribution < 1.29 is 0 Å².